The summed E-state index contributed by atoms with van der Waals surface area (Å²) in [7, 11) is 1.35. The molecule has 2 aromatic rings. The van der Waals surface area contributed by atoms with Gasteiger partial charge in [0.25, 0.3) is 0 Å². The first kappa shape index (κ1) is 19.0. The zero-order valence-electron chi connectivity index (χ0n) is 13.5. The lowest BCUT2D eigenvalue weighted by molar-refractivity contribution is -0.392. The number of methoxy groups -OCH3 is 1. The summed E-state index contributed by atoms with van der Waals surface area (Å²) in [5, 5.41) is 22.7. The van der Waals surface area contributed by atoms with Crippen molar-refractivity contribution in [2.75, 3.05) is 18.7 Å². The van der Waals surface area contributed by atoms with Gasteiger partial charge in [-0.1, -0.05) is 17.8 Å². The number of rotatable bonds is 8. The molecule has 25 heavy (non-hydrogen) atoms. The Bertz CT molecular complexity index is 811. The largest absolute Gasteiger partial charge is 0.490 e. The van der Waals surface area contributed by atoms with E-state index in [-0.39, 0.29) is 23.8 Å². The predicted octanol–water partition coefficient (Wildman–Crippen LogP) is 3.40. The third-order valence-electron chi connectivity index (χ3n) is 3.36. The Hall–Kier alpha value is -2.33. The minimum absolute atomic E-state index is 0.152. The third kappa shape index (κ3) is 4.20. The topological polar surface area (TPSA) is 113 Å². The molecule has 0 spiro atoms. The summed E-state index contributed by atoms with van der Waals surface area (Å²) >= 11 is 6.91. The molecule has 0 bridgehead atoms. The normalized spacial score (nSPS) is 10.7. The molecule has 0 unspecified atom stereocenters. The second-order valence-corrected chi connectivity index (χ2v) is 6.39. The van der Waals surface area contributed by atoms with Crippen molar-refractivity contribution in [2.45, 2.75) is 18.5 Å². The molecular weight excluding hydrogens is 372 g/mol. The lowest BCUT2D eigenvalue weighted by atomic mass is 10.2. The van der Waals surface area contributed by atoms with E-state index in [0.29, 0.717) is 28.0 Å². The Kier molecular flexibility index (Phi) is 6.21. The van der Waals surface area contributed by atoms with Crippen LogP contribution in [0.15, 0.2) is 23.2 Å². The first-order valence-electron chi connectivity index (χ1n) is 7.10. The maximum Gasteiger partial charge on any atom is 0.396 e. The first-order chi connectivity index (χ1) is 11.9. The number of alkyl halides is 1. The van der Waals surface area contributed by atoms with Crippen molar-refractivity contribution in [1.29, 1.82) is 0 Å². The van der Waals surface area contributed by atoms with Gasteiger partial charge in [0.15, 0.2) is 10.8 Å². The van der Waals surface area contributed by atoms with Gasteiger partial charge in [-0.3, -0.25) is 14.7 Å². The Morgan fingerprint density at radius 2 is 2.04 bits per heavy atom. The SMILES string of the molecule is COc1ccc(Cn2c(C)nc([N+](=O)[O-])c2SCCCl)cc1[N+](=O)[O-]. The van der Waals surface area contributed by atoms with Gasteiger partial charge in [0.1, 0.15) is 0 Å². The fourth-order valence-corrected chi connectivity index (χ4v) is 3.37. The second kappa shape index (κ2) is 8.17. The van der Waals surface area contributed by atoms with Crippen molar-refractivity contribution in [3.63, 3.8) is 0 Å². The highest BCUT2D eigenvalue weighted by atomic mass is 35.5. The van der Waals surface area contributed by atoms with Crippen LogP contribution in [0.4, 0.5) is 11.5 Å². The number of halogens is 1. The van der Waals surface area contributed by atoms with Crippen molar-refractivity contribution in [3.8, 4) is 5.75 Å². The van der Waals surface area contributed by atoms with Crippen molar-refractivity contribution in [1.82, 2.24) is 9.55 Å². The zero-order valence-corrected chi connectivity index (χ0v) is 15.0. The van der Waals surface area contributed by atoms with Gasteiger partial charge in [-0.2, -0.15) is 0 Å². The standard InChI is InChI=1S/C14H15ClN4O5S/c1-9-16-13(19(22)23)14(25-6-5-15)17(9)8-10-3-4-12(24-2)11(7-10)18(20)21/h3-4,7H,5-6,8H2,1-2H3. The number of benzene rings is 1. The van der Waals surface area contributed by atoms with Gasteiger partial charge in [0.2, 0.25) is 5.82 Å². The average molecular weight is 387 g/mol. The molecule has 0 radical (unpaired) electrons. The lowest BCUT2D eigenvalue weighted by Gasteiger charge is -2.09. The monoisotopic (exact) mass is 386 g/mol. The van der Waals surface area contributed by atoms with Gasteiger partial charge in [-0.15, -0.1) is 11.6 Å². The van der Waals surface area contributed by atoms with E-state index in [1.165, 1.54) is 31.0 Å². The molecule has 0 aliphatic carbocycles. The molecule has 0 aliphatic rings. The van der Waals surface area contributed by atoms with E-state index in [0.717, 1.165) is 0 Å². The van der Waals surface area contributed by atoms with Gasteiger partial charge < -0.3 is 14.9 Å². The van der Waals surface area contributed by atoms with Crippen LogP contribution in [0, 0.1) is 27.2 Å². The number of aryl methyl sites for hydroxylation is 1. The summed E-state index contributed by atoms with van der Waals surface area (Å²) in [4.78, 5) is 25.3. The van der Waals surface area contributed by atoms with E-state index in [9.17, 15) is 20.2 Å². The minimum Gasteiger partial charge on any atom is -0.490 e. The number of nitro groups is 2. The van der Waals surface area contributed by atoms with E-state index in [2.05, 4.69) is 4.98 Å². The molecule has 0 aliphatic heterocycles. The summed E-state index contributed by atoms with van der Waals surface area (Å²) in [6.45, 7) is 1.86. The highest BCUT2D eigenvalue weighted by Gasteiger charge is 2.26. The van der Waals surface area contributed by atoms with Crippen molar-refractivity contribution in [3.05, 3.63) is 49.8 Å². The number of thioether (sulfide) groups is 1. The summed E-state index contributed by atoms with van der Waals surface area (Å²) in [5.74, 6) is 1.17. The molecule has 0 fully saturated rings. The van der Waals surface area contributed by atoms with Crippen LogP contribution in [0.1, 0.15) is 11.4 Å². The maximum atomic E-state index is 11.2. The number of hydrogen-bond acceptors (Lipinski definition) is 7. The van der Waals surface area contributed by atoms with Gasteiger partial charge >= 0.3 is 11.5 Å². The molecule has 0 atom stereocenters. The summed E-state index contributed by atoms with van der Waals surface area (Å²) in [6, 6.07) is 4.56. The highest BCUT2D eigenvalue weighted by molar-refractivity contribution is 7.99. The number of hydrogen-bond donors (Lipinski definition) is 0. The van der Waals surface area contributed by atoms with E-state index >= 15 is 0 Å². The van der Waals surface area contributed by atoms with Crippen LogP contribution >= 0.6 is 23.4 Å². The van der Waals surface area contributed by atoms with Crippen molar-refractivity contribution >= 4 is 34.9 Å². The number of nitrogens with zero attached hydrogens (tertiary/aromatic N) is 4. The summed E-state index contributed by atoms with van der Waals surface area (Å²) < 4.78 is 6.63. The minimum atomic E-state index is -0.545. The zero-order chi connectivity index (χ0) is 18.6. The Morgan fingerprint density at radius 3 is 2.60 bits per heavy atom. The lowest BCUT2D eigenvalue weighted by Crippen LogP contribution is -2.05. The second-order valence-electron chi connectivity index (χ2n) is 4.93. The smallest absolute Gasteiger partial charge is 0.396 e. The molecule has 0 amide bonds. The van der Waals surface area contributed by atoms with Gasteiger partial charge in [0.05, 0.1) is 18.6 Å². The Labute approximate surface area is 152 Å². The van der Waals surface area contributed by atoms with E-state index in [1.54, 1.807) is 17.6 Å². The van der Waals surface area contributed by atoms with Crippen LogP contribution in [-0.4, -0.2) is 38.1 Å². The number of ether oxygens (including phenoxy) is 1. The Balaban J connectivity index is 2.44. The van der Waals surface area contributed by atoms with Gasteiger partial charge in [0, 0.05) is 24.6 Å². The molecule has 9 nitrogen and oxygen atoms in total. The van der Waals surface area contributed by atoms with Crippen LogP contribution in [-0.2, 0) is 6.54 Å². The van der Waals surface area contributed by atoms with Gasteiger partial charge in [-0.25, -0.2) is 0 Å². The van der Waals surface area contributed by atoms with Crippen molar-refractivity contribution < 1.29 is 14.6 Å². The predicted molar refractivity (Wildman–Crippen MR) is 93.8 cm³/mol. The molecule has 1 aromatic carbocycles. The van der Waals surface area contributed by atoms with Crippen LogP contribution in [0.25, 0.3) is 0 Å². The molecule has 1 aromatic heterocycles. The molecule has 1 heterocycles. The fraction of sp³-hybridized carbons (Fsp3) is 0.357. The van der Waals surface area contributed by atoms with Crippen molar-refractivity contribution in [2.24, 2.45) is 0 Å². The molecule has 134 valence electrons. The molecule has 0 saturated carbocycles. The van der Waals surface area contributed by atoms with E-state index < -0.39 is 9.85 Å². The Morgan fingerprint density at radius 1 is 1.32 bits per heavy atom. The van der Waals surface area contributed by atoms with Crippen LogP contribution in [0.3, 0.4) is 0 Å². The number of nitro benzene ring substituents is 1. The molecule has 2 rings (SSSR count). The van der Waals surface area contributed by atoms with Crippen LogP contribution in [0.5, 0.6) is 5.75 Å². The summed E-state index contributed by atoms with van der Waals surface area (Å²) in [5.41, 5.74) is 0.442. The number of imidazole rings is 1. The van der Waals surface area contributed by atoms with Gasteiger partial charge in [-0.05, 0) is 21.5 Å². The average Bonchev–Trinajstić information content (AvgIpc) is 2.89. The van der Waals surface area contributed by atoms with E-state index in [4.69, 9.17) is 16.3 Å². The highest BCUT2D eigenvalue weighted by Crippen LogP contribution is 2.32. The number of aromatic nitrogens is 2. The fourth-order valence-electron chi connectivity index (χ4n) is 2.27. The quantitative estimate of drug-likeness (QED) is 0.295. The molecule has 0 saturated heterocycles. The summed E-state index contributed by atoms with van der Waals surface area (Å²) in [6.07, 6.45) is 0. The first-order valence-corrected chi connectivity index (χ1v) is 8.62. The van der Waals surface area contributed by atoms with E-state index in [1.807, 2.05) is 0 Å². The molecule has 11 heteroatoms. The maximum absolute atomic E-state index is 11.2. The van der Waals surface area contributed by atoms with Crippen LogP contribution < -0.4 is 4.74 Å². The van der Waals surface area contributed by atoms with Crippen LogP contribution in [0.2, 0.25) is 0 Å². The molecule has 0 N–H and O–H groups in total. The molecular formula is C14H15ClN4O5S. The third-order valence-corrected chi connectivity index (χ3v) is 4.86.